The van der Waals surface area contributed by atoms with Crippen LogP contribution in [-0.4, -0.2) is 20.8 Å². The third-order valence-corrected chi connectivity index (χ3v) is 3.96. The van der Waals surface area contributed by atoms with E-state index in [4.69, 9.17) is 4.52 Å². The molecule has 134 valence electrons. The molecule has 0 atom stereocenters. The summed E-state index contributed by atoms with van der Waals surface area (Å²) in [6.45, 7) is 0.595. The SMILES string of the molecule is O=C(Nc1cnn(Cc2ccccc2)c1)c1cc(-c2ccccc2F)on1. The molecule has 0 unspecified atom stereocenters. The Labute approximate surface area is 154 Å². The third-order valence-electron chi connectivity index (χ3n) is 3.96. The number of benzene rings is 2. The highest BCUT2D eigenvalue weighted by atomic mass is 19.1. The zero-order chi connectivity index (χ0) is 18.6. The van der Waals surface area contributed by atoms with E-state index in [1.807, 2.05) is 30.3 Å². The number of anilines is 1. The average Bonchev–Trinajstić information content (AvgIpc) is 3.33. The molecule has 0 aliphatic rings. The first kappa shape index (κ1) is 16.7. The van der Waals surface area contributed by atoms with E-state index in [2.05, 4.69) is 15.6 Å². The van der Waals surface area contributed by atoms with Gasteiger partial charge in [0.05, 0.1) is 24.0 Å². The first-order chi connectivity index (χ1) is 13.2. The summed E-state index contributed by atoms with van der Waals surface area (Å²) in [7, 11) is 0. The Bertz CT molecular complexity index is 1070. The minimum Gasteiger partial charge on any atom is -0.355 e. The van der Waals surface area contributed by atoms with Crippen LogP contribution in [0.15, 0.2) is 77.6 Å². The number of hydrogen-bond acceptors (Lipinski definition) is 4. The summed E-state index contributed by atoms with van der Waals surface area (Å²) in [5.74, 6) is -0.707. The highest BCUT2D eigenvalue weighted by Crippen LogP contribution is 2.23. The van der Waals surface area contributed by atoms with Crippen LogP contribution in [0.5, 0.6) is 0 Å². The first-order valence-corrected chi connectivity index (χ1v) is 8.28. The fourth-order valence-electron chi connectivity index (χ4n) is 2.65. The maximum absolute atomic E-state index is 13.8. The zero-order valence-corrected chi connectivity index (χ0v) is 14.2. The van der Waals surface area contributed by atoms with Gasteiger partial charge in [-0.1, -0.05) is 47.6 Å². The molecule has 0 aliphatic carbocycles. The van der Waals surface area contributed by atoms with Crippen molar-refractivity contribution in [2.24, 2.45) is 0 Å². The largest absolute Gasteiger partial charge is 0.355 e. The smallest absolute Gasteiger partial charge is 0.277 e. The van der Waals surface area contributed by atoms with Gasteiger partial charge in [0.25, 0.3) is 5.91 Å². The van der Waals surface area contributed by atoms with Crippen LogP contribution in [0.1, 0.15) is 16.1 Å². The number of carbonyl (C=O) groups excluding carboxylic acids is 1. The molecular formula is C20H15FN4O2. The first-order valence-electron chi connectivity index (χ1n) is 8.28. The Morgan fingerprint density at radius 2 is 1.89 bits per heavy atom. The second-order valence-corrected chi connectivity index (χ2v) is 5.92. The fraction of sp³-hybridized carbons (Fsp3) is 0.0500. The minimum atomic E-state index is -0.458. The summed E-state index contributed by atoms with van der Waals surface area (Å²) in [5, 5.41) is 10.7. The second-order valence-electron chi connectivity index (χ2n) is 5.92. The average molecular weight is 362 g/mol. The van der Waals surface area contributed by atoms with Crippen LogP contribution in [0.2, 0.25) is 0 Å². The van der Waals surface area contributed by atoms with Crippen LogP contribution in [0, 0.1) is 5.82 Å². The van der Waals surface area contributed by atoms with Gasteiger partial charge in [-0.05, 0) is 17.7 Å². The van der Waals surface area contributed by atoms with Crippen LogP contribution >= 0.6 is 0 Å². The van der Waals surface area contributed by atoms with Crippen molar-refractivity contribution in [2.75, 3.05) is 5.32 Å². The van der Waals surface area contributed by atoms with E-state index in [1.54, 1.807) is 35.3 Å². The Morgan fingerprint density at radius 3 is 2.70 bits per heavy atom. The second kappa shape index (κ2) is 7.25. The molecule has 1 N–H and O–H groups in total. The molecular weight excluding hydrogens is 347 g/mol. The number of rotatable bonds is 5. The van der Waals surface area contributed by atoms with Gasteiger partial charge in [0, 0.05) is 12.3 Å². The van der Waals surface area contributed by atoms with E-state index in [9.17, 15) is 9.18 Å². The maximum Gasteiger partial charge on any atom is 0.277 e. The predicted molar refractivity (Wildman–Crippen MR) is 97.6 cm³/mol. The molecule has 27 heavy (non-hydrogen) atoms. The minimum absolute atomic E-state index is 0.0593. The van der Waals surface area contributed by atoms with E-state index in [0.29, 0.717) is 12.2 Å². The molecule has 1 amide bonds. The molecule has 7 heteroatoms. The number of aromatic nitrogens is 3. The summed E-state index contributed by atoms with van der Waals surface area (Å²) in [6, 6.07) is 17.4. The van der Waals surface area contributed by atoms with Gasteiger partial charge in [-0.15, -0.1) is 0 Å². The maximum atomic E-state index is 13.8. The molecule has 0 spiro atoms. The molecule has 0 bridgehead atoms. The van der Waals surface area contributed by atoms with Crippen LogP contribution in [0.4, 0.5) is 10.1 Å². The molecule has 0 aliphatic heterocycles. The molecule has 2 aromatic carbocycles. The molecule has 4 aromatic rings. The van der Waals surface area contributed by atoms with Gasteiger partial charge in [-0.2, -0.15) is 5.10 Å². The highest BCUT2D eigenvalue weighted by molar-refractivity contribution is 6.03. The van der Waals surface area contributed by atoms with Gasteiger partial charge < -0.3 is 9.84 Å². The van der Waals surface area contributed by atoms with Crippen molar-refractivity contribution >= 4 is 11.6 Å². The third kappa shape index (κ3) is 3.77. The normalized spacial score (nSPS) is 10.7. The Morgan fingerprint density at radius 1 is 1.11 bits per heavy atom. The van der Waals surface area contributed by atoms with E-state index in [-0.39, 0.29) is 17.0 Å². The van der Waals surface area contributed by atoms with Crippen LogP contribution < -0.4 is 5.32 Å². The number of nitrogens with one attached hydrogen (secondary N) is 1. The lowest BCUT2D eigenvalue weighted by molar-refractivity contribution is 0.101. The molecule has 0 saturated heterocycles. The van der Waals surface area contributed by atoms with Gasteiger partial charge in [-0.3, -0.25) is 9.48 Å². The molecule has 2 aromatic heterocycles. The van der Waals surface area contributed by atoms with Crippen molar-refractivity contribution in [3.8, 4) is 11.3 Å². The van der Waals surface area contributed by atoms with Gasteiger partial charge in [-0.25, -0.2) is 4.39 Å². The number of amides is 1. The van der Waals surface area contributed by atoms with Crippen molar-refractivity contribution in [1.82, 2.24) is 14.9 Å². The summed E-state index contributed by atoms with van der Waals surface area (Å²) in [5.41, 5.74) is 1.94. The van der Waals surface area contributed by atoms with E-state index >= 15 is 0 Å². The van der Waals surface area contributed by atoms with Gasteiger partial charge in [0.2, 0.25) is 0 Å². The highest BCUT2D eigenvalue weighted by Gasteiger charge is 2.16. The molecule has 0 saturated carbocycles. The molecule has 0 radical (unpaired) electrons. The van der Waals surface area contributed by atoms with Crippen molar-refractivity contribution in [3.05, 3.63) is 90.1 Å². The lowest BCUT2D eigenvalue weighted by Gasteiger charge is -2.01. The van der Waals surface area contributed by atoms with Crippen LogP contribution in [-0.2, 0) is 6.54 Å². The lowest BCUT2D eigenvalue weighted by atomic mass is 10.1. The molecule has 6 nitrogen and oxygen atoms in total. The number of hydrogen-bond donors (Lipinski definition) is 1. The Balaban J connectivity index is 1.45. The van der Waals surface area contributed by atoms with Crippen molar-refractivity contribution in [3.63, 3.8) is 0 Å². The zero-order valence-electron chi connectivity index (χ0n) is 14.2. The van der Waals surface area contributed by atoms with Gasteiger partial charge in [0.15, 0.2) is 11.5 Å². The van der Waals surface area contributed by atoms with Gasteiger partial charge in [0.1, 0.15) is 5.82 Å². The summed E-state index contributed by atoms with van der Waals surface area (Å²) in [4.78, 5) is 12.3. The summed E-state index contributed by atoms with van der Waals surface area (Å²) in [6.07, 6.45) is 3.28. The summed E-state index contributed by atoms with van der Waals surface area (Å²) < 4.78 is 20.6. The van der Waals surface area contributed by atoms with Crippen LogP contribution in [0.3, 0.4) is 0 Å². The van der Waals surface area contributed by atoms with Crippen LogP contribution in [0.25, 0.3) is 11.3 Å². The van der Waals surface area contributed by atoms with Gasteiger partial charge >= 0.3 is 0 Å². The van der Waals surface area contributed by atoms with E-state index in [1.165, 1.54) is 12.1 Å². The van der Waals surface area contributed by atoms with E-state index < -0.39 is 11.7 Å². The monoisotopic (exact) mass is 362 g/mol. The van der Waals surface area contributed by atoms with Crippen molar-refractivity contribution in [2.45, 2.75) is 6.54 Å². The standard InChI is InChI=1S/C20H15FN4O2/c21-17-9-5-4-8-16(17)19-10-18(24-27-19)20(26)23-15-11-22-25(13-15)12-14-6-2-1-3-7-14/h1-11,13H,12H2,(H,23,26). The van der Waals surface area contributed by atoms with Crippen molar-refractivity contribution < 1.29 is 13.7 Å². The lowest BCUT2D eigenvalue weighted by Crippen LogP contribution is -2.11. The molecule has 4 rings (SSSR count). The predicted octanol–water partition coefficient (Wildman–Crippen LogP) is 3.98. The van der Waals surface area contributed by atoms with E-state index in [0.717, 1.165) is 5.56 Å². The summed E-state index contributed by atoms with van der Waals surface area (Å²) >= 11 is 0. The fourth-order valence-corrected chi connectivity index (χ4v) is 2.65. The number of halogens is 1. The number of carbonyl (C=O) groups is 1. The molecule has 0 fully saturated rings. The Kier molecular flexibility index (Phi) is 4.49. The topological polar surface area (TPSA) is 73.0 Å². The quantitative estimate of drug-likeness (QED) is 0.583. The molecule has 2 heterocycles. The van der Waals surface area contributed by atoms with Crippen molar-refractivity contribution in [1.29, 1.82) is 0 Å². The Hall–Kier alpha value is -3.74. The number of nitrogens with zero attached hydrogens (tertiary/aromatic N) is 3.